The predicted octanol–water partition coefficient (Wildman–Crippen LogP) is -2.84. The number of aliphatic hydroxyl groups is 3. The zero-order valence-electron chi connectivity index (χ0n) is 4.99. The third-order valence-electron chi connectivity index (χ3n) is 0.962. The van der Waals surface area contributed by atoms with Crippen LogP contribution in [0.4, 0.5) is 0 Å². The first kappa shape index (κ1) is 8.80. The summed E-state index contributed by atoms with van der Waals surface area (Å²) < 4.78 is 0. The van der Waals surface area contributed by atoms with Crippen molar-refractivity contribution < 1.29 is 15.3 Å². The molecule has 0 aromatic rings. The van der Waals surface area contributed by atoms with Crippen LogP contribution < -0.4 is 11.1 Å². The zero-order chi connectivity index (χ0) is 7.28. The molecular formula is C4H12N2O3. The van der Waals surface area contributed by atoms with Gasteiger partial charge in [0, 0.05) is 0 Å². The first-order valence-corrected chi connectivity index (χ1v) is 2.61. The largest absolute Gasteiger partial charge is 0.395 e. The molecule has 0 saturated carbocycles. The summed E-state index contributed by atoms with van der Waals surface area (Å²) in [6.45, 7) is -0.599. The van der Waals surface area contributed by atoms with E-state index in [-0.39, 0.29) is 13.3 Å². The molecule has 0 aliphatic rings. The molecule has 0 radical (unpaired) electrons. The Labute approximate surface area is 53.1 Å². The monoisotopic (exact) mass is 136 g/mol. The summed E-state index contributed by atoms with van der Waals surface area (Å²) >= 11 is 0. The third kappa shape index (κ3) is 3.39. The number of nitrogens with one attached hydrogen (secondary N) is 1. The highest BCUT2D eigenvalue weighted by atomic mass is 16.3. The molecule has 6 N–H and O–H groups in total. The second kappa shape index (κ2) is 4.66. The van der Waals surface area contributed by atoms with Gasteiger partial charge in [0.05, 0.1) is 19.4 Å². The maximum atomic E-state index is 8.59. The molecule has 0 bridgehead atoms. The van der Waals surface area contributed by atoms with Gasteiger partial charge in [0.25, 0.3) is 0 Å². The lowest BCUT2D eigenvalue weighted by Crippen LogP contribution is -2.47. The van der Waals surface area contributed by atoms with Gasteiger partial charge in [0.15, 0.2) is 0 Å². The third-order valence-corrected chi connectivity index (χ3v) is 0.962. The minimum absolute atomic E-state index is 0.293. The SMILES string of the molecule is NC(O)C(CO)NCO. The Hall–Kier alpha value is -0.200. The van der Waals surface area contributed by atoms with Crippen LogP contribution in [0.15, 0.2) is 0 Å². The highest BCUT2D eigenvalue weighted by Gasteiger charge is 2.11. The second-order valence-electron chi connectivity index (χ2n) is 1.64. The van der Waals surface area contributed by atoms with Crippen LogP contribution >= 0.6 is 0 Å². The Bertz CT molecular complexity index is 68.8. The van der Waals surface area contributed by atoms with Crippen LogP contribution in [0.3, 0.4) is 0 Å². The molecule has 2 unspecified atom stereocenters. The van der Waals surface area contributed by atoms with Crippen LogP contribution in [0.2, 0.25) is 0 Å². The van der Waals surface area contributed by atoms with E-state index < -0.39 is 12.3 Å². The van der Waals surface area contributed by atoms with Crippen molar-refractivity contribution >= 4 is 0 Å². The fourth-order valence-electron chi connectivity index (χ4n) is 0.411. The molecule has 0 aromatic heterocycles. The quantitative estimate of drug-likeness (QED) is 0.268. The van der Waals surface area contributed by atoms with E-state index in [9.17, 15) is 0 Å². The van der Waals surface area contributed by atoms with Crippen molar-refractivity contribution in [1.82, 2.24) is 5.32 Å². The lowest BCUT2D eigenvalue weighted by molar-refractivity contribution is 0.0776. The van der Waals surface area contributed by atoms with Crippen molar-refractivity contribution in [2.45, 2.75) is 12.3 Å². The van der Waals surface area contributed by atoms with Crippen LogP contribution in [-0.2, 0) is 0 Å². The lowest BCUT2D eigenvalue weighted by atomic mass is 10.3. The molecule has 0 aromatic carbocycles. The van der Waals surface area contributed by atoms with Gasteiger partial charge in [-0.15, -0.1) is 0 Å². The van der Waals surface area contributed by atoms with Crippen LogP contribution in [0, 0.1) is 0 Å². The molecule has 2 atom stereocenters. The molecule has 5 heteroatoms. The highest BCUT2D eigenvalue weighted by Crippen LogP contribution is 1.82. The summed E-state index contributed by atoms with van der Waals surface area (Å²) in [4.78, 5) is 0. The van der Waals surface area contributed by atoms with Gasteiger partial charge in [-0.05, 0) is 0 Å². The Balaban J connectivity index is 3.41. The summed E-state index contributed by atoms with van der Waals surface area (Å²) in [5.41, 5.74) is 4.96. The zero-order valence-corrected chi connectivity index (χ0v) is 4.99. The summed E-state index contributed by atoms with van der Waals surface area (Å²) in [6.07, 6.45) is -1.14. The van der Waals surface area contributed by atoms with Crippen LogP contribution in [0.1, 0.15) is 0 Å². The first-order valence-electron chi connectivity index (χ1n) is 2.61. The van der Waals surface area contributed by atoms with Gasteiger partial charge in [-0.2, -0.15) is 0 Å². The molecule has 0 spiro atoms. The van der Waals surface area contributed by atoms with Crippen molar-refractivity contribution in [2.24, 2.45) is 5.73 Å². The Morgan fingerprint density at radius 1 is 1.44 bits per heavy atom. The average molecular weight is 136 g/mol. The molecule has 0 fully saturated rings. The number of hydrogen-bond acceptors (Lipinski definition) is 5. The smallest absolute Gasteiger partial charge is 0.120 e. The van der Waals surface area contributed by atoms with E-state index in [1.165, 1.54) is 0 Å². The fourth-order valence-corrected chi connectivity index (χ4v) is 0.411. The van der Waals surface area contributed by atoms with E-state index in [0.717, 1.165) is 0 Å². The van der Waals surface area contributed by atoms with Gasteiger partial charge in [-0.25, -0.2) is 0 Å². The van der Waals surface area contributed by atoms with Crippen LogP contribution in [0.25, 0.3) is 0 Å². The Morgan fingerprint density at radius 3 is 2.11 bits per heavy atom. The molecular weight excluding hydrogens is 124 g/mol. The van der Waals surface area contributed by atoms with Gasteiger partial charge in [0.1, 0.15) is 6.23 Å². The van der Waals surface area contributed by atoms with E-state index in [4.69, 9.17) is 21.1 Å². The first-order chi connectivity index (χ1) is 4.22. The standard InChI is InChI=1S/C4H12N2O3/c5-4(9)3(1-7)6-2-8/h3-4,6-9H,1-2,5H2. The summed E-state index contributed by atoms with van der Waals surface area (Å²) in [5, 5.41) is 27.6. The Morgan fingerprint density at radius 2 is 2.00 bits per heavy atom. The predicted molar refractivity (Wildman–Crippen MR) is 31.3 cm³/mol. The van der Waals surface area contributed by atoms with Crippen molar-refractivity contribution in [2.75, 3.05) is 13.3 Å². The molecule has 56 valence electrons. The maximum absolute atomic E-state index is 8.59. The molecule has 5 nitrogen and oxygen atoms in total. The van der Waals surface area contributed by atoms with Gasteiger partial charge in [-0.3, -0.25) is 5.32 Å². The lowest BCUT2D eigenvalue weighted by Gasteiger charge is -2.16. The van der Waals surface area contributed by atoms with Crippen molar-refractivity contribution in [3.8, 4) is 0 Å². The molecule has 0 aliphatic carbocycles. The fraction of sp³-hybridized carbons (Fsp3) is 1.00. The molecule has 0 rings (SSSR count). The van der Waals surface area contributed by atoms with E-state index in [1.54, 1.807) is 0 Å². The minimum Gasteiger partial charge on any atom is -0.395 e. The molecule has 9 heavy (non-hydrogen) atoms. The van der Waals surface area contributed by atoms with Gasteiger partial charge in [0.2, 0.25) is 0 Å². The summed E-state index contributed by atoms with van der Waals surface area (Å²) in [6, 6.07) is -0.644. The minimum atomic E-state index is -1.14. The van der Waals surface area contributed by atoms with E-state index >= 15 is 0 Å². The molecule has 0 amide bonds. The van der Waals surface area contributed by atoms with Crippen molar-refractivity contribution in [3.63, 3.8) is 0 Å². The number of aliphatic hydroxyl groups excluding tert-OH is 3. The van der Waals surface area contributed by atoms with Crippen molar-refractivity contribution in [3.05, 3.63) is 0 Å². The number of rotatable bonds is 4. The number of hydrogen-bond donors (Lipinski definition) is 5. The van der Waals surface area contributed by atoms with E-state index in [1.807, 2.05) is 0 Å². The van der Waals surface area contributed by atoms with Gasteiger partial charge >= 0.3 is 0 Å². The average Bonchev–Trinajstić information content (AvgIpc) is 1.82. The van der Waals surface area contributed by atoms with Gasteiger partial charge in [-0.1, -0.05) is 0 Å². The Kier molecular flexibility index (Phi) is 4.55. The molecule has 0 aliphatic heterocycles. The molecule has 0 heterocycles. The maximum Gasteiger partial charge on any atom is 0.120 e. The molecule has 0 saturated heterocycles. The van der Waals surface area contributed by atoms with Gasteiger partial charge < -0.3 is 21.1 Å². The second-order valence-corrected chi connectivity index (χ2v) is 1.64. The van der Waals surface area contributed by atoms with Crippen LogP contribution in [-0.4, -0.2) is 40.9 Å². The van der Waals surface area contributed by atoms with E-state index in [0.29, 0.717) is 0 Å². The van der Waals surface area contributed by atoms with Crippen LogP contribution in [0.5, 0.6) is 0 Å². The highest BCUT2D eigenvalue weighted by molar-refractivity contribution is 4.67. The normalized spacial score (nSPS) is 17.3. The summed E-state index contributed by atoms with van der Waals surface area (Å²) in [5.74, 6) is 0. The number of nitrogens with two attached hydrogens (primary N) is 1. The topological polar surface area (TPSA) is 98.7 Å². The van der Waals surface area contributed by atoms with Crippen molar-refractivity contribution in [1.29, 1.82) is 0 Å². The van der Waals surface area contributed by atoms with E-state index in [2.05, 4.69) is 5.32 Å². The summed E-state index contributed by atoms with van der Waals surface area (Å²) in [7, 11) is 0.